The van der Waals surface area contributed by atoms with Gasteiger partial charge in [-0.2, -0.15) is 0 Å². The van der Waals surface area contributed by atoms with E-state index in [-0.39, 0.29) is 0 Å². The highest BCUT2D eigenvalue weighted by Crippen LogP contribution is 2.12. The standard InChI is InChI=1S/C17H28N2O/c1-2-20-17-9-7-16(8-10-17)15-18-11-3-4-12-19-13-5-6-14-19/h7-10,18H,2-6,11-15H2,1H3. The van der Waals surface area contributed by atoms with E-state index in [0.717, 1.165) is 25.4 Å². The summed E-state index contributed by atoms with van der Waals surface area (Å²) in [4.78, 5) is 2.59. The van der Waals surface area contributed by atoms with E-state index in [2.05, 4.69) is 22.3 Å². The third kappa shape index (κ3) is 5.51. The van der Waals surface area contributed by atoms with Crippen molar-refractivity contribution in [3.05, 3.63) is 29.8 Å². The molecule has 2 rings (SSSR count). The first-order valence-electron chi connectivity index (χ1n) is 8.03. The SMILES string of the molecule is CCOc1ccc(CNCCCCN2CCCC2)cc1. The highest BCUT2D eigenvalue weighted by atomic mass is 16.5. The third-order valence-corrected chi connectivity index (χ3v) is 3.84. The molecule has 1 saturated heterocycles. The van der Waals surface area contributed by atoms with Crippen LogP contribution < -0.4 is 10.1 Å². The topological polar surface area (TPSA) is 24.5 Å². The Bertz CT molecular complexity index is 358. The Kier molecular flexibility index (Phi) is 6.89. The van der Waals surface area contributed by atoms with Gasteiger partial charge in [-0.3, -0.25) is 0 Å². The molecule has 1 fully saturated rings. The predicted octanol–water partition coefficient (Wildman–Crippen LogP) is 3.05. The Hall–Kier alpha value is -1.06. The van der Waals surface area contributed by atoms with E-state index in [1.807, 2.05) is 19.1 Å². The zero-order chi connectivity index (χ0) is 14.0. The van der Waals surface area contributed by atoms with E-state index in [9.17, 15) is 0 Å². The lowest BCUT2D eigenvalue weighted by Gasteiger charge is -2.14. The van der Waals surface area contributed by atoms with Crippen molar-refractivity contribution in [2.45, 2.75) is 39.2 Å². The summed E-state index contributed by atoms with van der Waals surface area (Å²) in [6.45, 7) is 8.73. The molecule has 0 atom stereocenters. The molecule has 112 valence electrons. The van der Waals surface area contributed by atoms with Gasteiger partial charge in [0, 0.05) is 6.54 Å². The summed E-state index contributed by atoms with van der Waals surface area (Å²) < 4.78 is 5.44. The van der Waals surface area contributed by atoms with Gasteiger partial charge in [-0.05, 0) is 76.5 Å². The van der Waals surface area contributed by atoms with Crippen molar-refractivity contribution < 1.29 is 4.74 Å². The van der Waals surface area contributed by atoms with Gasteiger partial charge in [0.1, 0.15) is 5.75 Å². The van der Waals surface area contributed by atoms with Gasteiger partial charge >= 0.3 is 0 Å². The minimum absolute atomic E-state index is 0.731. The maximum Gasteiger partial charge on any atom is 0.119 e. The van der Waals surface area contributed by atoms with Gasteiger partial charge in [-0.15, -0.1) is 0 Å². The molecular weight excluding hydrogens is 248 g/mol. The van der Waals surface area contributed by atoms with E-state index in [4.69, 9.17) is 4.74 Å². The van der Waals surface area contributed by atoms with Gasteiger partial charge in [-0.1, -0.05) is 12.1 Å². The molecule has 1 heterocycles. The van der Waals surface area contributed by atoms with Crippen LogP contribution in [0.4, 0.5) is 0 Å². The normalized spacial score (nSPS) is 15.7. The molecule has 1 aromatic carbocycles. The summed E-state index contributed by atoms with van der Waals surface area (Å²) in [6.07, 6.45) is 5.38. The summed E-state index contributed by atoms with van der Waals surface area (Å²) in [7, 11) is 0. The van der Waals surface area contributed by atoms with Crippen molar-refractivity contribution in [1.82, 2.24) is 10.2 Å². The van der Waals surface area contributed by atoms with Crippen molar-refractivity contribution in [2.24, 2.45) is 0 Å². The summed E-state index contributed by atoms with van der Waals surface area (Å²) >= 11 is 0. The van der Waals surface area contributed by atoms with E-state index < -0.39 is 0 Å². The van der Waals surface area contributed by atoms with E-state index >= 15 is 0 Å². The Balaban J connectivity index is 1.51. The summed E-state index contributed by atoms with van der Waals surface area (Å²) in [5.41, 5.74) is 1.33. The van der Waals surface area contributed by atoms with Crippen LogP contribution >= 0.6 is 0 Å². The van der Waals surface area contributed by atoms with Gasteiger partial charge in [-0.25, -0.2) is 0 Å². The zero-order valence-electron chi connectivity index (χ0n) is 12.7. The molecule has 0 spiro atoms. The molecule has 3 heteroatoms. The monoisotopic (exact) mass is 276 g/mol. The second kappa shape index (κ2) is 8.98. The molecule has 3 nitrogen and oxygen atoms in total. The van der Waals surface area contributed by atoms with Crippen molar-refractivity contribution in [1.29, 1.82) is 0 Å². The molecule has 0 unspecified atom stereocenters. The summed E-state index contributed by atoms with van der Waals surface area (Å²) in [6, 6.07) is 8.38. The molecule has 0 bridgehead atoms. The summed E-state index contributed by atoms with van der Waals surface area (Å²) in [5.74, 6) is 0.960. The fourth-order valence-corrected chi connectivity index (χ4v) is 2.69. The van der Waals surface area contributed by atoms with Gasteiger partial charge in [0.05, 0.1) is 6.61 Å². The quantitative estimate of drug-likeness (QED) is 0.702. The number of nitrogens with zero attached hydrogens (tertiary/aromatic N) is 1. The number of ether oxygens (including phenoxy) is 1. The Morgan fingerprint density at radius 2 is 1.85 bits per heavy atom. The van der Waals surface area contributed by atoms with E-state index in [1.165, 1.54) is 50.9 Å². The highest BCUT2D eigenvalue weighted by molar-refractivity contribution is 5.27. The molecule has 0 aromatic heterocycles. The fourth-order valence-electron chi connectivity index (χ4n) is 2.69. The second-order valence-electron chi connectivity index (χ2n) is 5.51. The van der Waals surface area contributed by atoms with Crippen LogP contribution in [0.2, 0.25) is 0 Å². The fraction of sp³-hybridized carbons (Fsp3) is 0.647. The molecule has 20 heavy (non-hydrogen) atoms. The first-order valence-corrected chi connectivity index (χ1v) is 8.03. The molecule has 0 saturated carbocycles. The smallest absolute Gasteiger partial charge is 0.119 e. The molecular formula is C17H28N2O. The summed E-state index contributed by atoms with van der Waals surface area (Å²) in [5, 5.41) is 3.52. The molecule has 1 aliphatic rings. The molecule has 0 radical (unpaired) electrons. The molecule has 0 amide bonds. The van der Waals surface area contributed by atoms with Crippen LogP contribution in [-0.2, 0) is 6.54 Å². The Morgan fingerprint density at radius 3 is 2.55 bits per heavy atom. The van der Waals surface area contributed by atoms with Crippen LogP contribution in [0, 0.1) is 0 Å². The molecule has 0 aliphatic carbocycles. The maximum absolute atomic E-state index is 5.44. The lowest BCUT2D eigenvalue weighted by molar-refractivity contribution is 0.329. The minimum Gasteiger partial charge on any atom is -0.494 e. The number of hydrogen-bond acceptors (Lipinski definition) is 3. The number of likely N-dealkylation sites (tertiary alicyclic amines) is 1. The van der Waals surface area contributed by atoms with Crippen LogP contribution in [0.1, 0.15) is 38.2 Å². The lowest BCUT2D eigenvalue weighted by atomic mass is 10.2. The average molecular weight is 276 g/mol. The second-order valence-corrected chi connectivity index (χ2v) is 5.51. The molecule has 1 aromatic rings. The lowest BCUT2D eigenvalue weighted by Crippen LogP contribution is -2.22. The van der Waals surface area contributed by atoms with Crippen LogP contribution in [0.3, 0.4) is 0 Å². The number of benzene rings is 1. The van der Waals surface area contributed by atoms with Crippen LogP contribution in [0.25, 0.3) is 0 Å². The number of rotatable bonds is 9. The number of unbranched alkanes of at least 4 members (excludes halogenated alkanes) is 1. The molecule has 1 N–H and O–H groups in total. The van der Waals surface area contributed by atoms with E-state index in [1.54, 1.807) is 0 Å². The average Bonchev–Trinajstić information content (AvgIpc) is 2.98. The number of nitrogens with one attached hydrogen (secondary N) is 1. The third-order valence-electron chi connectivity index (χ3n) is 3.84. The first kappa shape index (κ1) is 15.3. The van der Waals surface area contributed by atoms with Crippen LogP contribution in [0.5, 0.6) is 5.75 Å². The first-order chi connectivity index (χ1) is 9.88. The maximum atomic E-state index is 5.44. The van der Waals surface area contributed by atoms with Gasteiger partial charge in [0.25, 0.3) is 0 Å². The number of hydrogen-bond donors (Lipinski definition) is 1. The van der Waals surface area contributed by atoms with Gasteiger partial charge in [0.15, 0.2) is 0 Å². The molecule has 1 aliphatic heterocycles. The van der Waals surface area contributed by atoms with Crippen LogP contribution in [0.15, 0.2) is 24.3 Å². The van der Waals surface area contributed by atoms with Gasteiger partial charge < -0.3 is 15.0 Å². The van der Waals surface area contributed by atoms with Crippen LogP contribution in [-0.4, -0.2) is 37.7 Å². The Labute approximate surface area is 123 Å². The van der Waals surface area contributed by atoms with Crippen molar-refractivity contribution in [2.75, 3.05) is 32.8 Å². The van der Waals surface area contributed by atoms with Crippen molar-refractivity contribution in [3.8, 4) is 5.75 Å². The predicted molar refractivity (Wildman–Crippen MR) is 84.2 cm³/mol. The van der Waals surface area contributed by atoms with Gasteiger partial charge in [0.2, 0.25) is 0 Å². The van der Waals surface area contributed by atoms with Crippen molar-refractivity contribution in [3.63, 3.8) is 0 Å². The Morgan fingerprint density at radius 1 is 1.10 bits per heavy atom. The largest absolute Gasteiger partial charge is 0.494 e. The van der Waals surface area contributed by atoms with Crippen molar-refractivity contribution >= 4 is 0 Å². The zero-order valence-corrected chi connectivity index (χ0v) is 12.7. The van der Waals surface area contributed by atoms with E-state index in [0.29, 0.717) is 0 Å². The highest BCUT2D eigenvalue weighted by Gasteiger charge is 2.09. The minimum atomic E-state index is 0.731.